The average Bonchev–Trinajstić information content (AvgIpc) is 2.72. The van der Waals surface area contributed by atoms with Gasteiger partial charge in [-0.2, -0.15) is 13.9 Å². The fraction of sp³-hybridized carbons (Fsp3) is 0.643. The zero-order chi connectivity index (χ0) is 16.9. The Morgan fingerprint density at radius 1 is 1.35 bits per heavy atom. The van der Waals surface area contributed by atoms with Gasteiger partial charge in [0.2, 0.25) is 0 Å². The summed E-state index contributed by atoms with van der Waals surface area (Å²) in [6.07, 6.45) is -1.64. The lowest BCUT2D eigenvalue weighted by molar-refractivity contribution is -0.142. The molecule has 1 aromatic rings. The van der Waals surface area contributed by atoms with Gasteiger partial charge in [-0.05, 0) is 13.3 Å². The summed E-state index contributed by atoms with van der Waals surface area (Å²) in [5.41, 5.74) is 0.339. The molecule has 2 N–H and O–H groups in total. The number of hydrogen-bond donors (Lipinski definition) is 2. The van der Waals surface area contributed by atoms with Crippen LogP contribution in [-0.2, 0) is 30.2 Å². The zero-order valence-corrected chi connectivity index (χ0v) is 12.5. The first-order valence-corrected chi connectivity index (χ1v) is 7.40. The summed E-state index contributed by atoms with van der Waals surface area (Å²) in [6, 6.07) is -0.358. The fourth-order valence-corrected chi connectivity index (χ4v) is 3.37. The number of hydrogen-bond acceptors (Lipinski definition) is 3. The Morgan fingerprint density at radius 3 is 2.65 bits per heavy atom. The fourth-order valence-electron chi connectivity index (χ4n) is 3.37. The third kappa shape index (κ3) is 2.53. The van der Waals surface area contributed by atoms with E-state index in [1.165, 1.54) is 0 Å². The molecule has 0 spiro atoms. The van der Waals surface area contributed by atoms with E-state index in [9.17, 15) is 23.5 Å². The zero-order valence-electron chi connectivity index (χ0n) is 12.5. The second-order valence-electron chi connectivity index (χ2n) is 6.20. The van der Waals surface area contributed by atoms with Crippen LogP contribution in [0.3, 0.4) is 0 Å². The predicted octanol–water partition coefficient (Wildman–Crippen LogP) is 1.89. The van der Waals surface area contributed by atoms with Crippen LogP contribution in [0.4, 0.5) is 13.6 Å². The normalized spacial score (nSPS) is 26.1. The standard InChI is InChI=1S/C14H17F2N3O4/c1-7-4-10-9(6-18(7)13(22)23)11-14(15,16)3-2-8(12(20)21)5-19(11)17-10/h7-8H,2-6H2,1H3,(H,20,21)(H,22,23). The smallest absolute Gasteiger partial charge is 0.407 e. The van der Waals surface area contributed by atoms with Crippen molar-refractivity contribution >= 4 is 12.1 Å². The van der Waals surface area contributed by atoms with Crippen LogP contribution in [0.2, 0.25) is 0 Å². The number of carbonyl (C=O) groups is 2. The Hall–Kier alpha value is -2.19. The molecule has 0 aliphatic carbocycles. The van der Waals surface area contributed by atoms with Gasteiger partial charge in [0.25, 0.3) is 5.92 Å². The van der Waals surface area contributed by atoms with Crippen molar-refractivity contribution < 1.29 is 28.6 Å². The summed E-state index contributed by atoms with van der Waals surface area (Å²) in [5, 5.41) is 22.5. The number of amides is 1. The Bertz CT molecular complexity index is 673. The molecule has 0 radical (unpaired) electrons. The lowest BCUT2D eigenvalue weighted by atomic mass is 9.96. The lowest BCUT2D eigenvalue weighted by Gasteiger charge is -2.31. The van der Waals surface area contributed by atoms with Crippen LogP contribution in [0.25, 0.3) is 0 Å². The molecule has 0 bridgehead atoms. The molecule has 126 valence electrons. The highest BCUT2D eigenvalue weighted by atomic mass is 19.3. The maximum Gasteiger partial charge on any atom is 0.407 e. The SMILES string of the molecule is CC1Cc2nn3c(c2CN1C(=O)O)C(F)(F)CCC(C(=O)O)C3. The minimum Gasteiger partial charge on any atom is -0.481 e. The Balaban J connectivity index is 2.07. The topological polar surface area (TPSA) is 95.7 Å². The third-order valence-corrected chi connectivity index (χ3v) is 4.62. The van der Waals surface area contributed by atoms with E-state index in [0.717, 1.165) is 9.58 Å². The van der Waals surface area contributed by atoms with E-state index in [1.807, 2.05) is 0 Å². The van der Waals surface area contributed by atoms with Gasteiger partial charge in [0, 0.05) is 24.4 Å². The molecular weight excluding hydrogens is 312 g/mol. The van der Waals surface area contributed by atoms with Crippen LogP contribution >= 0.6 is 0 Å². The van der Waals surface area contributed by atoms with Gasteiger partial charge < -0.3 is 15.1 Å². The van der Waals surface area contributed by atoms with Crippen molar-refractivity contribution in [2.45, 2.75) is 51.2 Å². The molecule has 0 saturated carbocycles. The number of aromatic nitrogens is 2. The maximum atomic E-state index is 14.5. The van der Waals surface area contributed by atoms with Crippen LogP contribution in [0.1, 0.15) is 36.7 Å². The van der Waals surface area contributed by atoms with Crippen LogP contribution in [0.5, 0.6) is 0 Å². The van der Waals surface area contributed by atoms with Gasteiger partial charge >= 0.3 is 12.1 Å². The highest BCUT2D eigenvalue weighted by Crippen LogP contribution is 2.42. The number of carboxylic acids is 1. The molecule has 7 nitrogen and oxygen atoms in total. The molecule has 2 aliphatic rings. The second kappa shape index (κ2) is 5.17. The number of halogens is 2. The highest BCUT2D eigenvalue weighted by molar-refractivity contribution is 5.70. The Morgan fingerprint density at radius 2 is 2.04 bits per heavy atom. The van der Waals surface area contributed by atoms with Crippen LogP contribution in [-0.4, -0.2) is 43.0 Å². The maximum absolute atomic E-state index is 14.5. The predicted molar refractivity (Wildman–Crippen MR) is 73.2 cm³/mol. The minimum absolute atomic E-state index is 0.116. The van der Waals surface area contributed by atoms with Gasteiger partial charge in [0.15, 0.2) is 0 Å². The van der Waals surface area contributed by atoms with Crippen molar-refractivity contribution in [1.82, 2.24) is 14.7 Å². The van der Waals surface area contributed by atoms with E-state index < -0.39 is 30.3 Å². The molecule has 1 amide bonds. The number of carboxylic acid groups (broad SMARTS) is 2. The van der Waals surface area contributed by atoms with Crippen molar-refractivity contribution in [3.8, 4) is 0 Å². The van der Waals surface area contributed by atoms with Gasteiger partial charge in [-0.1, -0.05) is 0 Å². The van der Waals surface area contributed by atoms with Crippen molar-refractivity contribution in [3.63, 3.8) is 0 Å². The van der Waals surface area contributed by atoms with E-state index in [0.29, 0.717) is 5.69 Å². The molecule has 2 unspecified atom stereocenters. The van der Waals surface area contributed by atoms with E-state index in [1.54, 1.807) is 6.92 Å². The number of alkyl halides is 2. The van der Waals surface area contributed by atoms with Gasteiger partial charge in [0.1, 0.15) is 5.69 Å². The summed E-state index contributed by atoms with van der Waals surface area (Å²) >= 11 is 0. The number of rotatable bonds is 1. The third-order valence-electron chi connectivity index (χ3n) is 4.62. The molecule has 2 aliphatic heterocycles. The van der Waals surface area contributed by atoms with Crippen LogP contribution in [0.15, 0.2) is 0 Å². The monoisotopic (exact) mass is 329 g/mol. The molecule has 3 heterocycles. The summed E-state index contributed by atoms with van der Waals surface area (Å²) < 4.78 is 30.1. The first-order valence-electron chi connectivity index (χ1n) is 7.40. The molecule has 9 heteroatoms. The van der Waals surface area contributed by atoms with E-state index >= 15 is 0 Å². The molecule has 0 aromatic carbocycles. The molecule has 1 aromatic heterocycles. The molecule has 3 rings (SSSR count). The lowest BCUT2D eigenvalue weighted by Crippen LogP contribution is -2.42. The molecular formula is C14H17F2N3O4. The second-order valence-corrected chi connectivity index (χ2v) is 6.20. The highest BCUT2D eigenvalue weighted by Gasteiger charge is 2.45. The summed E-state index contributed by atoms with van der Waals surface area (Å²) in [6.45, 7) is 1.43. The Kier molecular flexibility index (Phi) is 3.53. The number of fused-ring (bicyclic) bond motifs is 3. The summed E-state index contributed by atoms with van der Waals surface area (Å²) in [7, 11) is 0. The molecule has 0 saturated heterocycles. The molecule has 0 fully saturated rings. The quantitative estimate of drug-likeness (QED) is 0.820. The van der Waals surface area contributed by atoms with Gasteiger partial charge in [-0.15, -0.1) is 0 Å². The summed E-state index contributed by atoms with van der Waals surface area (Å²) in [4.78, 5) is 23.6. The summed E-state index contributed by atoms with van der Waals surface area (Å²) in [5.74, 6) is -5.26. The van der Waals surface area contributed by atoms with Crippen LogP contribution < -0.4 is 0 Å². The van der Waals surface area contributed by atoms with Crippen molar-refractivity contribution in [2.24, 2.45) is 5.92 Å². The van der Waals surface area contributed by atoms with E-state index in [2.05, 4.69) is 5.10 Å². The Labute approximate surface area is 130 Å². The first-order chi connectivity index (χ1) is 10.7. The average molecular weight is 329 g/mol. The van der Waals surface area contributed by atoms with Gasteiger partial charge in [-0.3, -0.25) is 9.48 Å². The van der Waals surface area contributed by atoms with E-state index in [4.69, 9.17) is 5.11 Å². The molecule has 23 heavy (non-hydrogen) atoms. The van der Waals surface area contributed by atoms with Gasteiger partial charge in [0.05, 0.1) is 24.7 Å². The van der Waals surface area contributed by atoms with Crippen molar-refractivity contribution in [1.29, 1.82) is 0 Å². The van der Waals surface area contributed by atoms with Gasteiger partial charge in [-0.25, -0.2) is 4.79 Å². The minimum atomic E-state index is -3.21. The van der Waals surface area contributed by atoms with E-state index in [-0.39, 0.29) is 43.2 Å². The first kappa shape index (κ1) is 15.7. The number of nitrogens with zero attached hydrogens (tertiary/aromatic N) is 3. The van der Waals surface area contributed by atoms with Crippen molar-refractivity contribution in [2.75, 3.05) is 0 Å². The van der Waals surface area contributed by atoms with Crippen molar-refractivity contribution in [3.05, 3.63) is 17.0 Å². The van der Waals surface area contributed by atoms with Crippen LogP contribution in [0, 0.1) is 5.92 Å². The number of aliphatic carboxylic acids is 1. The largest absolute Gasteiger partial charge is 0.481 e. The molecule has 2 atom stereocenters.